The Balaban J connectivity index is 1.36. The van der Waals surface area contributed by atoms with Crippen LogP contribution in [0, 0.1) is 5.92 Å². The Bertz CT molecular complexity index is 1450. The molecule has 38 heavy (non-hydrogen) atoms. The van der Waals surface area contributed by atoms with Crippen LogP contribution in [0.25, 0.3) is 10.9 Å². The number of halogens is 1. The van der Waals surface area contributed by atoms with Crippen LogP contribution in [0.5, 0.6) is 5.75 Å². The van der Waals surface area contributed by atoms with E-state index >= 15 is 0 Å². The van der Waals surface area contributed by atoms with Gasteiger partial charge < -0.3 is 29.6 Å². The number of nitrogens with one attached hydrogen (secondary N) is 2. The summed E-state index contributed by atoms with van der Waals surface area (Å²) >= 11 is 6.55. The maximum absolute atomic E-state index is 13.1. The van der Waals surface area contributed by atoms with Crippen LogP contribution >= 0.6 is 11.6 Å². The number of pyridine rings is 1. The number of nitrogens with zero attached hydrogens (tertiary/aromatic N) is 4. The minimum Gasteiger partial charge on any atom is -0.486 e. The molecule has 1 saturated carbocycles. The van der Waals surface area contributed by atoms with E-state index in [0.29, 0.717) is 54.2 Å². The minimum atomic E-state index is -0.335. The molecule has 9 nitrogen and oxygen atoms in total. The van der Waals surface area contributed by atoms with Gasteiger partial charge in [0.25, 0.3) is 5.56 Å². The average Bonchev–Trinajstić information content (AvgIpc) is 3.68. The maximum Gasteiger partial charge on any atom is 0.295 e. The maximum atomic E-state index is 13.1. The molecule has 1 saturated heterocycles. The first kappa shape index (κ1) is 25.2. The van der Waals surface area contributed by atoms with Crippen molar-refractivity contribution in [1.82, 2.24) is 14.5 Å². The largest absolute Gasteiger partial charge is 0.486 e. The van der Waals surface area contributed by atoms with Gasteiger partial charge in [0, 0.05) is 43.7 Å². The fourth-order valence-corrected chi connectivity index (χ4v) is 6.07. The summed E-state index contributed by atoms with van der Waals surface area (Å²) in [6.45, 7) is 10.2. The zero-order valence-corrected chi connectivity index (χ0v) is 23.4. The minimum absolute atomic E-state index is 0.128. The van der Waals surface area contributed by atoms with E-state index in [0.717, 1.165) is 28.7 Å². The first-order chi connectivity index (χ1) is 18.0. The average molecular weight is 539 g/mol. The third kappa shape index (κ3) is 4.78. The Morgan fingerprint density at radius 3 is 2.58 bits per heavy atom. The molecular formula is C28H35ClN6O3. The molecule has 2 fully saturated rings. The zero-order valence-electron chi connectivity index (χ0n) is 22.6. The molecule has 2 aliphatic heterocycles. The molecule has 0 unspecified atom stereocenters. The van der Waals surface area contributed by atoms with E-state index in [1.165, 1.54) is 12.8 Å². The van der Waals surface area contributed by atoms with Gasteiger partial charge >= 0.3 is 0 Å². The van der Waals surface area contributed by atoms with Crippen molar-refractivity contribution in [3.63, 3.8) is 0 Å². The van der Waals surface area contributed by atoms with Gasteiger partial charge in [-0.3, -0.25) is 4.79 Å². The Hall–Kier alpha value is -3.04. The van der Waals surface area contributed by atoms with Gasteiger partial charge in [-0.25, -0.2) is 4.98 Å². The predicted molar refractivity (Wildman–Crippen MR) is 151 cm³/mol. The Morgan fingerprint density at radius 2 is 1.87 bits per heavy atom. The van der Waals surface area contributed by atoms with Crippen LogP contribution in [0.1, 0.15) is 47.0 Å². The van der Waals surface area contributed by atoms with Gasteiger partial charge in [0.1, 0.15) is 5.02 Å². The highest BCUT2D eigenvalue weighted by atomic mass is 35.5. The molecule has 0 radical (unpaired) electrons. The van der Waals surface area contributed by atoms with Crippen molar-refractivity contribution in [2.24, 2.45) is 13.0 Å². The monoisotopic (exact) mass is 538 g/mol. The van der Waals surface area contributed by atoms with E-state index in [2.05, 4.69) is 48.2 Å². The second-order valence-corrected chi connectivity index (χ2v) is 12.4. The van der Waals surface area contributed by atoms with Gasteiger partial charge in [0.2, 0.25) is 11.7 Å². The number of aromatic nitrogens is 3. The molecule has 2 N–H and O–H groups in total. The SMILES string of the molecule is Cn1c(=O)c2c(c3cc(Nc4nc(N5CC(C)(C)OC(C)(C)C5)ncc4Cl)ccc31)N[C@@H](C1CC1)CCO2. The molecule has 3 aliphatic rings. The van der Waals surface area contributed by atoms with Gasteiger partial charge in [-0.1, -0.05) is 11.6 Å². The molecule has 3 aromatic rings. The van der Waals surface area contributed by atoms with E-state index in [-0.39, 0.29) is 16.8 Å². The number of aryl methyl sites for hydroxylation is 1. The van der Waals surface area contributed by atoms with Crippen LogP contribution in [-0.2, 0) is 11.8 Å². The number of fused-ring (bicyclic) bond motifs is 3. The van der Waals surface area contributed by atoms with Gasteiger partial charge in [-0.05, 0) is 64.7 Å². The molecule has 2 aromatic heterocycles. The summed E-state index contributed by atoms with van der Waals surface area (Å²) in [5, 5.41) is 8.40. The zero-order chi connectivity index (χ0) is 26.8. The molecule has 1 atom stereocenters. The van der Waals surface area contributed by atoms with Crippen molar-refractivity contribution >= 4 is 45.6 Å². The second kappa shape index (κ2) is 9.02. The number of morpholine rings is 1. The van der Waals surface area contributed by atoms with Crippen LogP contribution in [0.4, 0.5) is 23.1 Å². The normalized spacial score (nSPS) is 22.3. The number of hydrogen-bond donors (Lipinski definition) is 2. The van der Waals surface area contributed by atoms with Crippen LogP contribution in [0.15, 0.2) is 29.2 Å². The molecular weight excluding hydrogens is 504 g/mol. The van der Waals surface area contributed by atoms with E-state index in [1.54, 1.807) is 17.8 Å². The second-order valence-electron chi connectivity index (χ2n) is 12.0. The van der Waals surface area contributed by atoms with Crippen molar-refractivity contribution in [3.05, 3.63) is 39.8 Å². The lowest BCUT2D eigenvalue weighted by Gasteiger charge is -2.47. The summed E-state index contributed by atoms with van der Waals surface area (Å²) < 4.78 is 13.9. The van der Waals surface area contributed by atoms with Crippen molar-refractivity contribution in [1.29, 1.82) is 0 Å². The molecule has 1 aromatic carbocycles. The first-order valence-corrected chi connectivity index (χ1v) is 13.7. The summed E-state index contributed by atoms with van der Waals surface area (Å²) in [6.07, 6.45) is 4.95. The first-order valence-electron chi connectivity index (χ1n) is 13.3. The molecule has 0 spiro atoms. The summed E-state index contributed by atoms with van der Waals surface area (Å²) in [5.41, 5.74) is 1.61. The smallest absolute Gasteiger partial charge is 0.295 e. The molecule has 6 rings (SSSR count). The standard InChI is InChI=1S/C28H35ClN6O3/c1-27(2)14-35(15-28(3,4)38-27)26-30-13-19(29)24(33-26)31-17-8-9-21-18(12-17)22-23(25(36)34(21)5)37-11-10-20(32-22)16-6-7-16/h8-9,12-13,16,20,32H,6-7,10-11,14-15H2,1-5H3,(H,30,31,33)/t20-/m1/s1. The van der Waals surface area contributed by atoms with Crippen molar-refractivity contribution in [2.45, 2.75) is 64.2 Å². The third-order valence-electron chi connectivity index (χ3n) is 7.52. The molecule has 10 heteroatoms. The lowest BCUT2D eigenvalue weighted by atomic mass is 9.99. The molecule has 202 valence electrons. The van der Waals surface area contributed by atoms with Crippen molar-refractivity contribution in [2.75, 3.05) is 35.2 Å². The molecule has 4 heterocycles. The van der Waals surface area contributed by atoms with Crippen molar-refractivity contribution in [3.8, 4) is 5.75 Å². The lowest BCUT2D eigenvalue weighted by molar-refractivity contribution is -0.133. The van der Waals surface area contributed by atoms with E-state index in [4.69, 9.17) is 26.1 Å². The summed E-state index contributed by atoms with van der Waals surface area (Å²) in [4.78, 5) is 24.6. The van der Waals surface area contributed by atoms with Gasteiger partial charge in [0.15, 0.2) is 5.82 Å². The van der Waals surface area contributed by atoms with Crippen LogP contribution < -0.4 is 25.8 Å². The van der Waals surface area contributed by atoms with E-state index in [1.807, 2.05) is 18.2 Å². The van der Waals surface area contributed by atoms with Gasteiger partial charge in [-0.2, -0.15) is 4.98 Å². The fourth-order valence-electron chi connectivity index (χ4n) is 5.94. The molecule has 0 amide bonds. The highest BCUT2D eigenvalue weighted by Crippen LogP contribution is 2.41. The Labute approximate surface area is 227 Å². The van der Waals surface area contributed by atoms with E-state index < -0.39 is 0 Å². The van der Waals surface area contributed by atoms with Crippen molar-refractivity contribution < 1.29 is 9.47 Å². The number of benzene rings is 1. The fraction of sp³-hybridized carbons (Fsp3) is 0.536. The van der Waals surface area contributed by atoms with E-state index in [9.17, 15) is 4.79 Å². The van der Waals surface area contributed by atoms with Crippen LogP contribution in [0.3, 0.4) is 0 Å². The highest BCUT2D eigenvalue weighted by Gasteiger charge is 2.39. The topological polar surface area (TPSA) is 93.5 Å². The summed E-state index contributed by atoms with van der Waals surface area (Å²) in [5.74, 6) is 2.15. The van der Waals surface area contributed by atoms with Crippen LogP contribution in [0.2, 0.25) is 5.02 Å². The summed E-state index contributed by atoms with van der Waals surface area (Å²) in [6, 6.07) is 6.21. The summed E-state index contributed by atoms with van der Waals surface area (Å²) in [7, 11) is 1.78. The predicted octanol–water partition coefficient (Wildman–Crippen LogP) is 5.09. The quantitative estimate of drug-likeness (QED) is 0.474. The Kier molecular flexibility index (Phi) is 5.99. The van der Waals surface area contributed by atoms with Crippen LogP contribution in [-0.4, -0.2) is 51.5 Å². The number of ether oxygens (including phenoxy) is 2. The number of anilines is 4. The highest BCUT2D eigenvalue weighted by molar-refractivity contribution is 6.33. The van der Waals surface area contributed by atoms with Gasteiger partial charge in [0.05, 0.1) is 35.2 Å². The molecule has 1 aliphatic carbocycles. The number of rotatable bonds is 4. The number of hydrogen-bond acceptors (Lipinski definition) is 8. The third-order valence-corrected chi connectivity index (χ3v) is 7.80. The van der Waals surface area contributed by atoms with Gasteiger partial charge in [-0.15, -0.1) is 0 Å². The lowest BCUT2D eigenvalue weighted by Crippen LogP contribution is -2.57. The Morgan fingerprint density at radius 1 is 1.13 bits per heavy atom. The molecule has 0 bridgehead atoms.